The molecule has 0 N–H and O–H groups in total. The number of hydrogen-bond donors (Lipinski definition) is 0. The molecule has 1 aliphatic rings. The van der Waals surface area contributed by atoms with E-state index < -0.39 is 6.04 Å². The van der Waals surface area contributed by atoms with Crippen LogP contribution in [0.15, 0.2) is 146 Å². The van der Waals surface area contributed by atoms with E-state index in [0.29, 0.717) is 22.7 Å². The molecule has 0 atom stereocenters. The van der Waals surface area contributed by atoms with Crippen LogP contribution in [0.4, 0.5) is 22.7 Å². The second-order valence-corrected chi connectivity index (χ2v) is 15.9. The Morgan fingerprint density at radius 1 is 0.643 bits per heavy atom. The molecule has 6 aromatic carbocycles. The summed E-state index contributed by atoms with van der Waals surface area (Å²) in [6, 6.07) is 41.6. The number of pyridine rings is 1. The van der Waals surface area contributed by atoms with Crippen molar-refractivity contribution in [1.29, 1.82) is 0 Å². The Morgan fingerprint density at radius 2 is 1.32 bits per heavy atom. The molecule has 0 aliphatic carbocycles. The van der Waals surface area contributed by atoms with Crippen molar-refractivity contribution in [3.8, 4) is 28.4 Å². The third-order valence-corrected chi connectivity index (χ3v) is 10.1. The van der Waals surface area contributed by atoms with E-state index in [9.17, 15) is 0 Å². The summed E-state index contributed by atoms with van der Waals surface area (Å²) in [5.41, 5.74) is 7.59. The standard InChI is InChI=1S/C50H43N4O.Pt/c1-49(2,3)35-26-27-51-48(30-35)54-44-21-13-11-19-41(44)42-25-24-38(32-47(42)54)55-39-29-36(50(4,5)6)28-37(31-39)52-33-53(46-23-15-14-22-45(46)52)43-20-12-10-18-40(43)34-16-8-7-9-17-34;/h7-30,33H,1-6H3;/q-3;/i7D,8D,9D,16D,17D;. The molecule has 56 heavy (non-hydrogen) atoms. The Balaban J connectivity index is 0.00000514. The van der Waals surface area contributed by atoms with Crippen molar-refractivity contribution < 1.29 is 32.7 Å². The topological polar surface area (TPSA) is 33.5 Å². The molecular weight excluding hydrogens is 868 g/mol. The summed E-state index contributed by atoms with van der Waals surface area (Å²) in [5.74, 6) is 1.87. The van der Waals surface area contributed by atoms with Crippen molar-refractivity contribution in [3.63, 3.8) is 0 Å². The zero-order chi connectivity index (χ0) is 42.2. The quantitative estimate of drug-likeness (QED) is 0.156. The monoisotopic (exact) mass is 915 g/mol. The van der Waals surface area contributed by atoms with Gasteiger partial charge in [-0.2, -0.15) is 6.07 Å². The summed E-state index contributed by atoms with van der Waals surface area (Å²) in [6.45, 7) is 15.0. The van der Waals surface area contributed by atoms with Gasteiger partial charge in [-0.1, -0.05) is 126 Å². The average Bonchev–Trinajstić information content (AvgIpc) is 3.78. The van der Waals surface area contributed by atoms with Gasteiger partial charge in [0.15, 0.2) is 0 Å². The van der Waals surface area contributed by atoms with Crippen molar-refractivity contribution in [2.75, 3.05) is 9.80 Å². The fraction of sp³-hybridized carbons (Fsp3) is 0.160. The van der Waals surface area contributed by atoms with Crippen LogP contribution < -0.4 is 14.5 Å². The Hall–Kier alpha value is -5.64. The van der Waals surface area contributed by atoms with E-state index in [0.717, 1.165) is 50.2 Å². The fourth-order valence-electron chi connectivity index (χ4n) is 7.22. The molecule has 0 unspecified atom stereocenters. The Bertz CT molecular complexity index is 2980. The van der Waals surface area contributed by atoms with E-state index in [1.807, 2.05) is 84.5 Å². The summed E-state index contributed by atoms with van der Waals surface area (Å²) in [6.07, 6.45) is 1.87. The van der Waals surface area contributed by atoms with Crippen LogP contribution in [-0.2, 0) is 31.9 Å². The average molecular weight is 916 g/mol. The number of rotatable bonds is 6. The summed E-state index contributed by atoms with van der Waals surface area (Å²) < 4.78 is 51.4. The number of anilines is 4. The SMILES string of the molecule is [2H]c1c([2H])c([2H])c(-c2ccccc2N2[CH-]N(c3[c-]c(Oc4[c-]c5c(cc4)c4ccccc4n5-c4cc(C(C)(C)C)ccn4)cc(C(C)(C)C)c3)c3ccccc32)c([2H])c1[2H].[Pt]. The third-order valence-electron chi connectivity index (χ3n) is 10.1. The molecule has 0 spiro atoms. The van der Waals surface area contributed by atoms with E-state index in [1.54, 1.807) is 6.07 Å². The Kier molecular flexibility index (Phi) is 8.14. The van der Waals surface area contributed by atoms with E-state index in [1.165, 1.54) is 5.56 Å². The molecule has 0 saturated carbocycles. The van der Waals surface area contributed by atoms with Crippen LogP contribution in [0.3, 0.4) is 0 Å². The zero-order valence-corrected chi connectivity index (χ0v) is 34.3. The predicted octanol–water partition coefficient (Wildman–Crippen LogP) is 13.2. The van der Waals surface area contributed by atoms with Crippen LogP contribution in [0, 0.1) is 18.8 Å². The number of ether oxygens (including phenoxy) is 1. The first-order valence-electron chi connectivity index (χ1n) is 21.0. The first kappa shape index (κ1) is 31.6. The molecule has 282 valence electrons. The van der Waals surface area contributed by atoms with Crippen molar-refractivity contribution in [2.24, 2.45) is 0 Å². The largest absolute Gasteiger partial charge is 0.509 e. The van der Waals surface area contributed by atoms with E-state index in [4.69, 9.17) is 16.6 Å². The minimum atomic E-state index is -0.425. The van der Waals surface area contributed by atoms with Crippen LogP contribution in [0.5, 0.6) is 11.5 Å². The van der Waals surface area contributed by atoms with Crippen molar-refractivity contribution in [1.82, 2.24) is 9.55 Å². The molecule has 0 fully saturated rings. The van der Waals surface area contributed by atoms with Gasteiger partial charge in [0.1, 0.15) is 5.82 Å². The molecule has 0 saturated heterocycles. The molecular formula is C50H43N4OPt-3. The van der Waals surface area contributed by atoms with Gasteiger partial charge in [0.2, 0.25) is 0 Å². The summed E-state index contributed by atoms with van der Waals surface area (Å²) >= 11 is 0. The zero-order valence-electron chi connectivity index (χ0n) is 37.1. The maximum absolute atomic E-state index is 8.78. The van der Waals surface area contributed by atoms with Gasteiger partial charge >= 0.3 is 0 Å². The molecule has 5 nitrogen and oxygen atoms in total. The molecule has 0 radical (unpaired) electrons. The summed E-state index contributed by atoms with van der Waals surface area (Å²) in [5, 5.41) is 2.14. The van der Waals surface area contributed by atoms with Gasteiger partial charge in [0, 0.05) is 66.9 Å². The van der Waals surface area contributed by atoms with Crippen LogP contribution in [0.2, 0.25) is 0 Å². The molecule has 8 aromatic rings. The van der Waals surface area contributed by atoms with Gasteiger partial charge in [-0.15, -0.1) is 53.6 Å². The van der Waals surface area contributed by atoms with E-state index in [-0.39, 0.29) is 61.6 Å². The number of fused-ring (bicyclic) bond motifs is 4. The molecule has 0 bridgehead atoms. The van der Waals surface area contributed by atoms with Crippen LogP contribution in [0.25, 0.3) is 38.8 Å². The smallest absolute Gasteiger partial charge is 0.135 e. The van der Waals surface area contributed by atoms with Gasteiger partial charge in [-0.25, -0.2) is 4.98 Å². The molecule has 3 heterocycles. The fourth-order valence-corrected chi connectivity index (χ4v) is 7.22. The molecule has 6 heteroatoms. The minimum Gasteiger partial charge on any atom is -0.509 e. The first-order chi connectivity index (χ1) is 28.6. The third kappa shape index (κ3) is 6.79. The normalized spacial score (nSPS) is 14.1. The second-order valence-electron chi connectivity index (χ2n) is 15.9. The van der Waals surface area contributed by atoms with Crippen molar-refractivity contribution in [3.05, 3.63) is 176 Å². The van der Waals surface area contributed by atoms with Crippen molar-refractivity contribution >= 4 is 44.6 Å². The summed E-state index contributed by atoms with van der Waals surface area (Å²) in [4.78, 5) is 8.88. The van der Waals surface area contributed by atoms with Gasteiger partial charge in [-0.3, -0.25) is 0 Å². The van der Waals surface area contributed by atoms with Crippen molar-refractivity contribution in [2.45, 2.75) is 52.4 Å². The number of aromatic nitrogens is 2. The van der Waals surface area contributed by atoms with E-state index in [2.05, 4.69) is 99.5 Å². The number of benzene rings is 6. The Labute approximate surface area is 351 Å². The number of hydrogen-bond acceptors (Lipinski definition) is 4. The minimum absolute atomic E-state index is 0. The Morgan fingerprint density at radius 3 is 2.07 bits per heavy atom. The van der Waals surface area contributed by atoms with Gasteiger partial charge < -0.3 is 19.1 Å². The molecule has 2 aromatic heterocycles. The van der Waals surface area contributed by atoms with Crippen LogP contribution >= 0.6 is 0 Å². The molecule has 1 aliphatic heterocycles. The number of nitrogens with zero attached hydrogens (tertiary/aromatic N) is 4. The second kappa shape index (κ2) is 14.5. The number of para-hydroxylation sites is 4. The maximum Gasteiger partial charge on any atom is 0.135 e. The van der Waals surface area contributed by atoms with Crippen LogP contribution in [0.1, 0.15) is 59.5 Å². The van der Waals surface area contributed by atoms with Gasteiger partial charge in [0.25, 0.3) is 0 Å². The van der Waals surface area contributed by atoms with E-state index >= 15 is 0 Å². The van der Waals surface area contributed by atoms with Gasteiger partial charge in [-0.05, 0) is 63.7 Å². The van der Waals surface area contributed by atoms with Crippen LogP contribution in [-0.4, -0.2) is 9.55 Å². The first-order valence-corrected chi connectivity index (χ1v) is 18.5. The predicted molar refractivity (Wildman–Crippen MR) is 227 cm³/mol. The maximum atomic E-state index is 8.78. The summed E-state index contributed by atoms with van der Waals surface area (Å²) in [7, 11) is 0. The van der Waals surface area contributed by atoms with Gasteiger partial charge in [0.05, 0.1) is 6.85 Å². The molecule has 9 rings (SSSR count). The molecule has 0 amide bonds.